The fourth-order valence-electron chi connectivity index (χ4n) is 2.92. The van der Waals surface area contributed by atoms with Crippen molar-refractivity contribution in [2.45, 2.75) is 33.4 Å². The number of imidazole rings is 1. The first kappa shape index (κ1) is 19.6. The maximum absolute atomic E-state index is 13.1. The largest absolute Gasteiger partial charge is 0.332 e. The van der Waals surface area contributed by atoms with E-state index in [9.17, 15) is 9.59 Å². The van der Waals surface area contributed by atoms with Crippen LogP contribution < -0.4 is 11.2 Å². The van der Waals surface area contributed by atoms with Gasteiger partial charge in [0.15, 0.2) is 11.2 Å². The van der Waals surface area contributed by atoms with Gasteiger partial charge in [-0.25, -0.2) is 4.79 Å². The first-order valence-corrected chi connectivity index (χ1v) is 9.70. The van der Waals surface area contributed by atoms with Crippen LogP contribution in [-0.2, 0) is 26.6 Å². The van der Waals surface area contributed by atoms with Gasteiger partial charge in [-0.3, -0.25) is 13.9 Å². The van der Waals surface area contributed by atoms with Crippen molar-refractivity contribution in [2.24, 2.45) is 7.05 Å². The van der Waals surface area contributed by atoms with Crippen molar-refractivity contribution in [2.75, 3.05) is 0 Å². The van der Waals surface area contributed by atoms with Gasteiger partial charge in [-0.2, -0.15) is 4.98 Å². The summed E-state index contributed by atoms with van der Waals surface area (Å²) >= 11 is 9.75. The molecule has 142 valence electrons. The van der Waals surface area contributed by atoms with Crippen molar-refractivity contribution in [1.82, 2.24) is 18.7 Å². The number of halogens is 2. The quantitative estimate of drug-likeness (QED) is 0.440. The van der Waals surface area contributed by atoms with E-state index in [0.717, 1.165) is 15.6 Å². The zero-order chi connectivity index (χ0) is 19.7. The predicted octanol–water partition coefficient (Wildman–Crippen LogP) is 3.52. The van der Waals surface area contributed by atoms with E-state index in [2.05, 4.69) is 20.9 Å². The number of aromatic nitrogens is 4. The van der Waals surface area contributed by atoms with Crippen molar-refractivity contribution < 1.29 is 0 Å². The summed E-state index contributed by atoms with van der Waals surface area (Å²) in [7, 11) is 1.60. The Kier molecular flexibility index (Phi) is 5.72. The molecule has 0 spiro atoms. The molecule has 27 heavy (non-hydrogen) atoms. The van der Waals surface area contributed by atoms with E-state index in [1.165, 1.54) is 9.13 Å². The van der Waals surface area contributed by atoms with E-state index in [0.29, 0.717) is 24.1 Å². The van der Waals surface area contributed by atoms with Crippen molar-refractivity contribution in [3.8, 4) is 0 Å². The van der Waals surface area contributed by atoms with Crippen LogP contribution in [0.15, 0.2) is 50.0 Å². The van der Waals surface area contributed by atoms with E-state index >= 15 is 0 Å². The molecule has 0 fully saturated rings. The summed E-state index contributed by atoms with van der Waals surface area (Å²) < 4.78 is 5.22. The van der Waals surface area contributed by atoms with E-state index in [1.54, 1.807) is 11.6 Å². The summed E-state index contributed by atoms with van der Waals surface area (Å²) in [6.45, 7) is 4.64. The number of benzene rings is 1. The zero-order valence-electron chi connectivity index (χ0n) is 15.4. The molecule has 0 unspecified atom stereocenters. The molecule has 1 aromatic carbocycles. The summed E-state index contributed by atoms with van der Waals surface area (Å²) in [6.07, 6.45) is 2.51. The van der Waals surface area contributed by atoms with E-state index in [-0.39, 0.29) is 17.4 Å². The molecule has 0 bridgehead atoms. The van der Waals surface area contributed by atoms with Crippen LogP contribution in [0.2, 0.25) is 5.28 Å². The molecule has 2 heterocycles. The third-order valence-corrected chi connectivity index (χ3v) is 5.49. The number of nitrogens with zero attached hydrogens (tertiary/aromatic N) is 4. The first-order chi connectivity index (χ1) is 12.8. The molecule has 0 atom stereocenters. The lowest BCUT2D eigenvalue weighted by molar-refractivity contribution is 0.599. The summed E-state index contributed by atoms with van der Waals surface area (Å²) in [5.41, 5.74) is 2.00. The Balaban J connectivity index is 2.12. The molecule has 0 aliphatic carbocycles. The highest BCUT2D eigenvalue weighted by atomic mass is 79.9. The molecule has 0 aliphatic heterocycles. The summed E-state index contributed by atoms with van der Waals surface area (Å²) in [4.78, 5) is 30.0. The highest BCUT2D eigenvalue weighted by molar-refractivity contribution is 9.10. The Bertz CT molecular complexity index is 1150. The summed E-state index contributed by atoms with van der Waals surface area (Å²) in [5.74, 6) is 0. The average molecular weight is 452 g/mol. The van der Waals surface area contributed by atoms with Gasteiger partial charge in [0.2, 0.25) is 5.28 Å². The number of hydrogen-bond donors (Lipinski definition) is 0. The molecule has 0 N–H and O–H groups in total. The van der Waals surface area contributed by atoms with Gasteiger partial charge in [0.1, 0.15) is 0 Å². The first-order valence-electron chi connectivity index (χ1n) is 8.53. The van der Waals surface area contributed by atoms with E-state index < -0.39 is 5.69 Å². The molecule has 2 aromatic heterocycles. The molecular formula is C19H20BrClN4O2. The number of hydrogen-bond acceptors (Lipinski definition) is 3. The second-order valence-electron chi connectivity index (χ2n) is 6.58. The lowest BCUT2D eigenvalue weighted by atomic mass is 10.1. The van der Waals surface area contributed by atoms with Crippen LogP contribution in [0.3, 0.4) is 0 Å². The molecule has 3 rings (SSSR count). The van der Waals surface area contributed by atoms with Gasteiger partial charge in [0.05, 0.1) is 0 Å². The van der Waals surface area contributed by atoms with Gasteiger partial charge < -0.3 is 4.57 Å². The van der Waals surface area contributed by atoms with E-state index in [4.69, 9.17) is 11.6 Å². The monoisotopic (exact) mass is 450 g/mol. The lowest BCUT2D eigenvalue weighted by Crippen LogP contribution is -2.40. The highest BCUT2D eigenvalue weighted by Gasteiger charge is 2.19. The van der Waals surface area contributed by atoms with Crippen molar-refractivity contribution in [3.05, 3.63) is 72.1 Å². The van der Waals surface area contributed by atoms with Crippen LogP contribution >= 0.6 is 27.5 Å². The normalized spacial score (nSPS) is 11.1. The Labute approximate surface area is 169 Å². The maximum atomic E-state index is 13.1. The Morgan fingerprint density at radius 2 is 1.93 bits per heavy atom. The molecule has 0 saturated heterocycles. The average Bonchev–Trinajstić information content (AvgIpc) is 2.96. The van der Waals surface area contributed by atoms with Crippen LogP contribution in [0.4, 0.5) is 0 Å². The summed E-state index contributed by atoms with van der Waals surface area (Å²) in [6, 6.07) is 7.76. The number of allylic oxidation sites excluding steroid dienone is 2. The topological polar surface area (TPSA) is 61.8 Å². The second-order valence-corrected chi connectivity index (χ2v) is 7.78. The molecule has 3 aromatic rings. The molecular weight excluding hydrogens is 432 g/mol. The van der Waals surface area contributed by atoms with Gasteiger partial charge in [-0.15, -0.1) is 0 Å². The Morgan fingerprint density at radius 1 is 1.22 bits per heavy atom. The van der Waals surface area contributed by atoms with Crippen molar-refractivity contribution in [1.29, 1.82) is 0 Å². The maximum Gasteiger partial charge on any atom is 0.332 e. The van der Waals surface area contributed by atoms with Crippen LogP contribution in [0.25, 0.3) is 11.2 Å². The zero-order valence-corrected chi connectivity index (χ0v) is 17.7. The van der Waals surface area contributed by atoms with Gasteiger partial charge in [0.25, 0.3) is 5.56 Å². The summed E-state index contributed by atoms with van der Waals surface area (Å²) in [5, 5.41) is 0.193. The molecule has 8 heteroatoms. The molecule has 6 nitrogen and oxygen atoms in total. The Hall–Kier alpha value is -2.12. The predicted molar refractivity (Wildman–Crippen MR) is 112 cm³/mol. The molecule has 0 aliphatic rings. The molecule has 0 saturated carbocycles. The third kappa shape index (κ3) is 3.80. The van der Waals surface area contributed by atoms with Crippen LogP contribution in [0.5, 0.6) is 0 Å². The van der Waals surface area contributed by atoms with Gasteiger partial charge in [-0.05, 0) is 43.5 Å². The minimum atomic E-state index is -0.400. The Morgan fingerprint density at radius 3 is 2.59 bits per heavy atom. The molecule has 0 radical (unpaired) electrons. The fraction of sp³-hybridized carbons (Fsp3) is 0.316. The van der Waals surface area contributed by atoms with Crippen LogP contribution in [-0.4, -0.2) is 18.7 Å². The van der Waals surface area contributed by atoms with E-state index in [1.807, 2.05) is 44.2 Å². The lowest BCUT2D eigenvalue weighted by Gasteiger charge is -2.10. The smallest absolute Gasteiger partial charge is 0.305 e. The number of fused-ring (bicyclic) bond motifs is 1. The van der Waals surface area contributed by atoms with Gasteiger partial charge >= 0.3 is 5.69 Å². The number of rotatable bonds is 5. The number of aryl methyl sites for hydroxylation is 2. The van der Waals surface area contributed by atoms with Gasteiger partial charge in [-0.1, -0.05) is 45.8 Å². The van der Waals surface area contributed by atoms with Crippen molar-refractivity contribution in [3.63, 3.8) is 0 Å². The minimum absolute atomic E-state index is 0.193. The third-order valence-electron chi connectivity index (χ3n) is 4.43. The molecule has 0 amide bonds. The SMILES string of the molecule is CC(C)=CCn1c(Cl)nc2c1c(=O)n(CCc1ccccc1Br)c(=O)n2C. The minimum Gasteiger partial charge on any atom is -0.305 e. The van der Waals surface area contributed by atoms with Crippen LogP contribution in [0.1, 0.15) is 19.4 Å². The van der Waals surface area contributed by atoms with Crippen molar-refractivity contribution >= 4 is 38.7 Å². The second kappa shape index (κ2) is 7.86. The van der Waals surface area contributed by atoms with Crippen LogP contribution in [0, 0.1) is 0 Å². The fourth-order valence-corrected chi connectivity index (χ4v) is 3.63. The van der Waals surface area contributed by atoms with Gasteiger partial charge in [0, 0.05) is 24.6 Å². The highest BCUT2D eigenvalue weighted by Crippen LogP contribution is 2.18. The standard InChI is InChI=1S/C19H20BrClN4O2/c1-12(2)8-10-24-15-16(22-18(24)21)23(3)19(27)25(17(15)26)11-9-13-6-4-5-7-14(13)20/h4-8H,9-11H2,1-3H3.